The Hall–Kier alpha value is -1.81. The fourth-order valence-corrected chi connectivity index (χ4v) is 1.80. The molecule has 0 saturated carbocycles. The second kappa shape index (κ2) is 5.23. The lowest BCUT2D eigenvalue weighted by molar-refractivity contribution is 0.0935. The predicted octanol–water partition coefficient (Wildman–Crippen LogP) is 3.13. The van der Waals surface area contributed by atoms with Gasteiger partial charge in [0.05, 0.1) is 16.6 Å². The number of rotatable bonds is 3. The van der Waals surface area contributed by atoms with Crippen LogP contribution in [0.4, 0.5) is 0 Å². The standard InChI is InChI=1S/C13H13ClN2O2/c1-8-3-4-12(18-8)9(2)16-13(17)10-5-6-15-7-11(10)14/h3-7,9H,1-2H3,(H,16,17). The van der Waals surface area contributed by atoms with Crippen molar-refractivity contribution in [2.24, 2.45) is 0 Å². The number of carbonyl (C=O) groups excluding carboxylic acids is 1. The fourth-order valence-electron chi connectivity index (χ4n) is 1.59. The van der Waals surface area contributed by atoms with Crippen LogP contribution in [0.2, 0.25) is 5.02 Å². The van der Waals surface area contributed by atoms with Crippen LogP contribution in [0.25, 0.3) is 0 Å². The molecular weight excluding hydrogens is 252 g/mol. The molecule has 94 valence electrons. The van der Waals surface area contributed by atoms with Gasteiger partial charge in [-0.1, -0.05) is 11.6 Å². The average molecular weight is 265 g/mol. The van der Waals surface area contributed by atoms with E-state index in [0.29, 0.717) is 16.3 Å². The first-order chi connectivity index (χ1) is 8.58. The number of hydrogen-bond donors (Lipinski definition) is 1. The van der Waals surface area contributed by atoms with Gasteiger partial charge in [-0.15, -0.1) is 0 Å². The Bertz CT molecular complexity index is 566. The Morgan fingerprint density at radius 2 is 2.22 bits per heavy atom. The SMILES string of the molecule is Cc1ccc(C(C)NC(=O)c2ccncc2Cl)o1. The highest BCUT2D eigenvalue weighted by Gasteiger charge is 2.15. The predicted molar refractivity (Wildman–Crippen MR) is 68.6 cm³/mol. The summed E-state index contributed by atoms with van der Waals surface area (Å²) in [5, 5.41) is 3.15. The van der Waals surface area contributed by atoms with Gasteiger partial charge in [0.15, 0.2) is 0 Å². The lowest BCUT2D eigenvalue weighted by Gasteiger charge is -2.12. The van der Waals surface area contributed by atoms with E-state index in [1.54, 1.807) is 6.07 Å². The number of nitrogens with zero attached hydrogens (tertiary/aromatic N) is 1. The van der Waals surface area contributed by atoms with Gasteiger partial charge in [0.2, 0.25) is 0 Å². The van der Waals surface area contributed by atoms with Crippen molar-refractivity contribution in [2.75, 3.05) is 0 Å². The van der Waals surface area contributed by atoms with Gasteiger partial charge in [0.1, 0.15) is 11.5 Å². The molecule has 2 rings (SSSR count). The van der Waals surface area contributed by atoms with Crippen molar-refractivity contribution in [2.45, 2.75) is 19.9 Å². The third-order valence-electron chi connectivity index (χ3n) is 2.55. The fraction of sp³-hybridized carbons (Fsp3) is 0.231. The third-order valence-corrected chi connectivity index (χ3v) is 2.85. The normalized spacial score (nSPS) is 12.2. The Kier molecular flexibility index (Phi) is 3.67. The minimum Gasteiger partial charge on any atom is -0.464 e. The molecule has 2 aromatic rings. The molecule has 0 radical (unpaired) electrons. The lowest BCUT2D eigenvalue weighted by Crippen LogP contribution is -2.26. The van der Waals surface area contributed by atoms with E-state index in [2.05, 4.69) is 10.3 Å². The number of pyridine rings is 1. The smallest absolute Gasteiger partial charge is 0.253 e. The number of halogens is 1. The van der Waals surface area contributed by atoms with Gasteiger partial charge in [-0.3, -0.25) is 9.78 Å². The highest BCUT2D eigenvalue weighted by Crippen LogP contribution is 2.18. The number of amides is 1. The number of aromatic nitrogens is 1. The van der Waals surface area contributed by atoms with Crippen LogP contribution in [0, 0.1) is 6.92 Å². The van der Waals surface area contributed by atoms with Crippen molar-refractivity contribution in [3.05, 3.63) is 52.7 Å². The number of furan rings is 1. The van der Waals surface area contributed by atoms with Crippen molar-refractivity contribution >= 4 is 17.5 Å². The minimum atomic E-state index is -0.246. The van der Waals surface area contributed by atoms with Crippen molar-refractivity contribution in [1.82, 2.24) is 10.3 Å². The third kappa shape index (κ3) is 2.71. The zero-order valence-electron chi connectivity index (χ0n) is 10.1. The van der Waals surface area contributed by atoms with Crippen LogP contribution in [0.5, 0.6) is 0 Å². The summed E-state index contributed by atoms with van der Waals surface area (Å²) in [5.74, 6) is 1.28. The van der Waals surface area contributed by atoms with E-state index in [-0.39, 0.29) is 11.9 Å². The summed E-state index contributed by atoms with van der Waals surface area (Å²) in [6.45, 7) is 3.71. The Morgan fingerprint density at radius 1 is 1.44 bits per heavy atom. The molecular formula is C13H13ClN2O2. The second-order valence-corrected chi connectivity index (χ2v) is 4.41. The van der Waals surface area contributed by atoms with Gasteiger partial charge < -0.3 is 9.73 Å². The minimum absolute atomic E-state index is 0.213. The van der Waals surface area contributed by atoms with Crippen molar-refractivity contribution in [1.29, 1.82) is 0 Å². The van der Waals surface area contributed by atoms with Crippen LogP contribution in [0.15, 0.2) is 35.0 Å². The van der Waals surface area contributed by atoms with Gasteiger partial charge in [-0.05, 0) is 32.0 Å². The first kappa shape index (κ1) is 12.6. The van der Waals surface area contributed by atoms with Crippen LogP contribution >= 0.6 is 11.6 Å². The molecule has 0 aromatic carbocycles. The molecule has 0 spiro atoms. The molecule has 1 unspecified atom stereocenters. The molecule has 1 atom stereocenters. The van der Waals surface area contributed by atoms with Gasteiger partial charge in [0, 0.05) is 12.4 Å². The first-order valence-electron chi connectivity index (χ1n) is 5.54. The number of nitrogens with one attached hydrogen (secondary N) is 1. The summed E-state index contributed by atoms with van der Waals surface area (Å²) in [6.07, 6.45) is 2.97. The Morgan fingerprint density at radius 3 is 2.83 bits per heavy atom. The maximum atomic E-state index is 12.0. The molecule has 0 bridgehead atoms. The molecule has 4 nitrogen and oxygen atoms in total. The van der Waals surface area contributed by atoms with Crippen LogP contribution in [0.1, 0.15) is 34.8 Å². The zero-order chi connectivity index (χ0) is 13.1. The summed E-state index contributed by atoms with van der Waals surface area (Å²) < 4.78 is 5.45. The van der Waals surface area contributed by atoms with E-state index in [0.717, 1.165) is 5.76 Å². The van der Waals surface area contributed by atoms with Crippen molar-refractivity contribution < 1.29 is 9.21 Å². The van der Waals surface area contributed by atoms with Gasteiger partial charge in [0.25, 0.3) is 5.91 Å². The zero-order valence-corrected chi connectivity index (χ0v) is 10.9. The summed E-state index contributed by atoms with van der Waals surface area (Å²) in [7, 11) is 0. The van der Waals surface area contributed by atoms with Crippen molar-refractivity contribution in [3.63, 3.8) is 0 Å². The lowest BCUT2D eigenvalue weighted by atomic mass is 10.2. The maximum Gasteiger partial charge on any atom is 0.253 e. The molecule has 5 heteroatoms. The molecule has 18 heavy (non-hydrogen) atoms. The number of carbonyl (C=O) groups is 1. The first-order valence-corrected chi connectivity index (χ1v) is 5.92. The molecule has 0 fully saturated rings. The Labute approximate surface area is 110 Å². The molecule has 0 aliphatic carbocycles. The van der Waals surface area contributed by atoms with E-state index >= 15 is 0 Å². The second-order valence-electron chi connectivity index (χ2n) is 4.00. The molecule has 1 N–H and O–H groups in total. The topological polar surface area (TPSA) is 55.1 Å². The van der Waals surface area contributed by atoms with Gasteiger partial charge in [-0.2, -0.15) is 0 Å². The van der Waals surface area contributed by atoms with Gasteiger partial charge >= 0.3 is 0 Å². The highest BCUT2D eigenvalue weighted by molar-refractivity contribution is 6.33. The van der Waals surface area contributed by atoms with E-state index in [1.807, 2.05) is 26.0 Å². The van der Waals surface area contributed by atoms with E-state index in [1.165, 1.54) is 12.4 Å². The molecule has 0 aliphatic rings. The molecule has 1 amide bonds. The van der Waals surface area contributed by atoms with Crippen molar-refractivity contribution in [3.8, 4) is 0 Å². The van der Waals surface area contributed by atoms with Crippen LogP contribution in [0.3, 0.4) is 0 Å². The Balaban J connectivity index is 2.10. The molecule has 2 aromatic heterocycles. The highest BCUT2D eigenvalue weighted by atomic mass is 35.5. The molecule has 0 saturated heterocycles. The number of hydrogen-bond acceptors (Lipinski definition) is 3. The largest absolute Gasteiger partial charge is 0.464 e. The molecule has 0 aliphatic heterocycles. The summed E-state index contributed by atoms with van der Waals surface area (Å²) in [6, 6.07) is 5.07. The summed E-state index contributed by atoms with van der Waals surface area (Å²) in [5.41, 5.74) is 0.404. The summed E-state index contributed by atoms with van der Waals surface area (Å²) in [4.78, 5) is 15.8. The average Bonchev–Trinajstić information content (AvgIpc) is 2.76. The van der Waals surface area contributed by atoms with E-state index in [9.17, 15) is 4.79 Å². The van der Waals surface area contributed by atoms with Crippen LogP contribution in [-0.2, 0) is 0 Å². The van der Waals surface area contributed by atoms with E-state index < -0.39 is 0 Å². The monoisotopic (exact) mass is 264 g/mol. The van der Waals surface area contributed by atoms with E-state index in [4.69, 9.17) is 16.0 Å². The maximum absolute atomic E-state index is 12.0. The quantitative estimate of drug-likeness (QED) is 0.927. The van der Waals surface area contributed by atoms with Crippen LogP contribution in [-0.4, -0.2) is 10.9 Å². The summed E-state index contributed by atoms with van der Waals surface area (Å²) >= 11 is 5.91. The van der Waals surface area contributed by atoms with Gasteiger partial charge in [-0.25, -0.2) is 0 Å². The van der Waals surface area contributed by atoms with Crippen LogP contribution < -0.4 is 5.32 Å². The molecule has 2 heterocycles. The number of aryl methyl sites for hydroxylation is 1.